The topological polar surface area (TPSA) is 42.4 Å². The number of aryl methyl sites for hydroxylation is 1. The quantitative estimate of drug-likeness (QED) is 0.351. The zero-order valence-corrected chi connectivity index (χ0v) is 21.6. The van der Waals surface area contributed by atoms with Gasteiger partial charge in [-0.05, 0) is 70.0 Å². The van der Waals surface area contributed by atoms with E-state index in [9.17, 15) is 4.79 Å². The molecule has 1 aliphatic heterocycles. The molecule has 4 nitrogen and oxygen atoms in total. The average molecular weight is 534 g/mol. The molecule has 0 radical (unpaired) electrons. The summed E-state index contributed by atoms with van der Waals surface area (Å²) in [5, 5.41) is 1.81. The van der Waals surface area contributed by atoms with Crippen LogP contribution in [0.25, 0.3) is 11.3 Å². The third-order valence-corrected chi connectivity index (χ3v) is 7.68. The zero-order valence-electron chi connectivity index (χ0n) is 18.4. The van der Waals surface area contributed by atoms with Crippen LogP contribution in [-0.2, 0) is 4.79 Å². The van der Waals surface area contributed by atoms with Crippen molar-refractivity contribution in [2.45, 2.75) is 45.1 Å². The number of thiazole rings is 1. The molecule has 168 valence electrons. The van der Waals surface area contributed by atoms with Crippen molar-refractivity contribution in [3.63, 3.8) is 0 Å². The average Bonchev–Trinajstić information content (AvgIpc) is 3.17. The minimum atomic E-state index is -0.937. The Bertz CT molecular complexity index is 1090. The number of ether oxygens (including phenoxy) is 1. The van der Waals surface area contributed by atoms with E-state index >= 15 is 0 Å². The first kappa shape index (κ1) is 23.3. The summed E-state index contributed by atoms with van der Waals surface area (Å²) in [5.41, 5.74) is 1.27. The highest BCUT2D eigenvalue weighted by Gasteiger charge is 2.36. The van der Waals surface area contributed by atoms with E-state index in [4.69, 9.17) is 21.3 Å². The number of nitrogens with zero attached hydrogens (tertiary/aromatic N) is 2. The highest BCUT2D eigenvalue weighted by atomic mass is 79.9. The molecule has 2 aromatic carbocycles. The van der Waals surface area contributed by atoms with Crippen molar-refractivity contribution in [2.24, 2.45) is 0 Å². The van der Waals surface area contributed by atoms with E-state index in [1.807, 2.05) is 30.9 Å². The van der Waals surface area contributed by atoms with Crippen LogP contribution in [0.1, 0.15) is 42.5 Å². The van der Waals surface area contributed by atoms with Gasteiger partial charge >= 0.3 is 0 Å². The summed E-state index contributed by atoms with van der Waals surface area (Å²) in [5.74, 6) is 1.03. The molecule has 3 aromatic rings. The summed E-state index contributed by atoms with van der Waals surface area (Å²) in [6.07, 6.45) is 1.82. The summed E-state index contributed by atoms with van der Waals surface area (Å²) in [7, 11) is 0. The lowest BCUT2D eigenvalue weighted by Gasteiger charge is -2.36. The molecule has 1 amide bonds. The van der Waals surface area contributed by atoms with Gasteiger partial charge in [0.25, 0.3) is 5.91 Å². The fourth-order valence-electron chi connectivity index (χ4n) is 4.02. The van der Waals surface area contributed by atoms with Crippen LogP contribution in [0.3, 0.4) is 0 Å². The minimum absolute atomic E-state index is 0.0109. The SMILES string of the molecule is Cc1sc(C2CCN(C(=O)C(C)(C)Oc3ccc(Cl)cc3)CC2)nc1-c1ccc(Br)cc1. The van der Waals surface area contributed by atoms with E-state index in [0.717, 1.165) is 28.6 Å². The van der Waals surface area contributed by atoms with Gasteiger partial charge in [0.05, 0.1) is 10.7 Å². The molecule has 32 heavy (non-hydrogen) atoms. The lowest BCUT2D eigenvalue weighted by Crippen LogP contribution is -2.51. The van der Waals surface area contributed by atoms with Gasteiger partial charge in [0.1, 0.15) is 5.75 Å². The van der Waals surface area contributed by atoms with Gasteiger partial charge in [0.15, 0.2) is 5.60 Å². The molecule has 4 rings (SSSR count). The van der Waals surface area contributed by atoms with Crippen molar-refractivity contribution in [3.8, 4) is 17.0 Å². The predicted molar refractivity (Wildman–Crippen MR) is 135 cm³/mol. The third kappa shape index (κ3) is 5.19. The van der Waals surface area contributed by atoms with Crippen LogP contribution in [-0.4, -0.2) is 34.5 Å². The molecular weight excluding hydrogens is 508 g/mol. The molecule has 0 atom stereocenters. The molecule has 1 saturated heterocycles. The van der Waals surface area contributed by atoms with Gasteiger partial charge in [0, 0.05) is 38.9 Å². The van der Waals surface area contributed by atoms with Gasteiger partial charge in [-0.1, -0.05) is 39.7 Å². The molecule has 1 aromatic heterocycles. The maximum atomic E-state index is 13.2. The number of piperidine rings is 1. The number of carbonyl (C=O) groups is 1. The number of benzene rings is 2. The second-order valence-electron chi connectivity index (χ2n) is 8.60. The number of rotatable bonds is 5. The van der Waals surface area contributed by atoms with E-state index in [-0.39, 0.29) is 5.91 Å². The Morgan fingerprint density at radius 1 is 1.12 bits per heavy atom. The first-order valence-electron chi connectivity index (χ1n) is 10.7. The third-order valence-electron chi connectivity index (χ3n) is 5.76. The smallest absolute Gasteiger partial charge is 0.266 e. The van der Waals surface area contributed by atoms with Crippen LogP contribution >= 0.6 is 38.9 Å². The lowest BCUT2D eigenvalue weighted by molar-refractivity contribution is -0.146. The lowest BCUT2D eigenvalue weighted by atomic mass is 9.95. The molecule has 0 N–H and O–H groups in total. The Kier molecular flexibility index (Phi) is 6.94. The Morgan fingerprint density at radius 2 is 1.75 bits per heavy atom. The van der Waals surface area contributed by atoms with Crippen LogP contribution in [0.15, 0.2) is 53.0 Å². The van der Waals surface area contributed by atoms with E-state index in [1.165, 1.54) is 9.88 Å². The summed E-state index contributed by atoms with van der Waals surface area (Å²) in [6.45, 7) is 7.20. The number of amides is 1. The molecular formula is C25H26BrClN2O2S. The number of aromatic nitrogens is 1. The first-order valence-corrected chi connectivity index (χ1v) is 12.7. The zero-order chi connectivity index (χ0) is 22.9. The van der Waals surface area contributed by atoms with E-state index < -0.39 is 5.60 Å². The summed E-state index contributed by atoms with van der Waals surface area (Å²) in [4.78, 5) is 21.3. The van der Waals surface area contributed by atoms with Crippen molar-refractivity contribution in [3.05, 3.63) is 67.9 Å². The Labute approximate surface area is 206 Å². The highest BCUT2D eigenvalue weighted by molar-refractivity contribution is 9.10. The first-order chi connectivity index (χ1) is 15.2. The standard InChI is InChI=1S/C25H26BrClN2O2S/c1-16-22(17-4-6-19(26)7-5-17)28-23(32-16)18-12-14-29(15-13-18)24(30)25(2,3)31-21-10-8-20(27)9-11-21/h4-11,18H,12-15H2,1-3H3. The normalized spacial score (nSPS) is 15.1. The molecule has 0 spiro atoms. The second kappa shape index (κ2) is 9.54. The van der Waals surface area contributed by atoms with Crippen molar-refractivity contribution in [1.29, 1.82) is 0 Å². The fraction of sp³-hybridized carbons (Fsp3) is 0.360. The summed E-state index contributed by atoms with van der Waals surface area (Å²) < 4.78 is 7.06. The molecule has 2 heterocycles. The highest BCUT2D eigenvalue weighted by Crippen LogP contribution is 2.36. The van der Waals surface area contributed by atoms with E-state index in [1.54, 1.807) is 35.6 Å². The summed E-state index contributed by atoms with van der Waals surface area (Å²) in [6, 6.07) is 15.4. The fourth-order valence-corrected chi connectivity index (χ4v) is 5.52. The van der Waals surface area contributed by atoms with Crippen LogP contribution in [0.4, 0.5) is 0 Å². The van der Waals surface area contributed by atoms with Gasteiger partial charge < -0.3 is 9.64 Å². The maximum absolute atomic E-state index is 13.2. The Balaban J connectivity index is 1.39. The number of halogens is 2. The molecule has 1 fully saturated rings. The number of hydrogen-bond donors (Lipinski definition) is 0. The van der Waals surface area contributed by atoms with Crippen LogP contribution < -0.4 is 4.74 Å². The van der Waals surface area contributed by atoms with Gasteiger partial charge in [-0.2, -0.15) is 0 Å². The molecule has 0 bridgehead atoms. The Hall–Kier alpha value is -1.89. The van der Waals surface area contributed by atoms with E-state index in [2.05, 4.69) is 35.0 Å². The number of hydrogen-bond acceptors (Lipinski definition) is 4. The minimum Gasteiger partial charge on any atom is -0.478 e. The molecule has 0 saturated carbocycles. The van der Waals surface area contributed by atoms with Crippen LogP contribution in [0.2, 0.25) is 5.02 Å². The number of likely N-dealkylation sites (tertiary alicyclic amines) is 1. The van der Waals surface area contributed by atoms with Crippen molar-refractivity contribution in [2.75, 3.05) is 13.1 Å². The van der Waals surface area contributed by atoms with Gasteiger partial charge in [-0.15, -0.1) is 11.3 Å². The largest absolute Gasteiger partial charge is 0.478 e. The van der Waals surface area contributed by atoms with Gasteiger partial charge in [-0.3, -0.25) is 4.79 Å². The second-order valence-corrected chi connectivity index (χ2v) is 11.2. The summed E-state index contributed by atoms with van der Waals surface area (Å²) >= 11 is 11.2. The van der Waals surface area contributed by atoms with Crippen molar-refractivity contribution >= 4 is 44.8 Å². The van der Waals surface area contributed by atoms with Crippen molar-refractivity contribution < 1.29 is 9.53 Å². The van der Waals surface area contributed by atoms with Gasteiger partial charge in [0.2, 0.25) is 0 Å². The van der Waals surface area contributed by atoms with Crippen LogP contribution in [0, 0.1) is 6.92 Å². The van der Waals surface area contributed by atoms with Crippen molar-refractivity contribution in [1.82, 2.24) is 9.88 Å². The molecule has 1 aliphatic rings. The molecule has 0 unspecified atom stereocenters. The Morgan fingerprint density at radius 3 is 2.38 bits per heavy atom. The predicted octanol–water partition coefficient (Wildman–Crippen LogP) is 7.10. The number of carbonyl (C=O) groups excluding carboxylic acids is 1. The molecule has 7 heteroatoms. The monoisotopic (exact) mass is 532 g/mol. The molecule has 0 aliphatic carbocycles. The van der Waals surface area contributed by atoms with E-state index in [0.29, 0.717) is 29.8 Å². The van der Waals surface area contributed by atoms with Crippen LogP contribution in [0.5, 0.6) is 5.75 Å². The van der Waals surface area contributed by atoms with Gasteiger partial charge in [-0.25, -0.2) is 4.98 Å². The maximum Gasteiger partial charge on any atom is 0.266 e.